The van der Waals surface area contributed by atoms with E-state index in [4.69, 9.17) is 9.51 Å². The number of nitrogens with zero attached hydrogens (tertiary/aromatic N) is 6. The summed E-state index contributed by atoms with van der Waals surface area (Å²) in [6.07, 6.45) is 5.60. The molecule has 1 atom stereocenters. The van der Waals surface area contributed by atoms with Gasteiger partial charge in [-0.25, -0.2) is 9.97 Å². The Labute approximate surface area is 157 Å². The van der Waals surface area contributed by atoms with E-state index in [0.29, 0.717) is 11.7 Å². The van der Waals surface area contributed by atoms with Crippen LogP contribution in [0.1, 0.15) is 41.7 Å². The van der Waals surface area contributed by atoms with Gasteiger partial charge < -0.3 is 14.7 Å². The second-order valence-corrected chi connectivity index (χ2v) is 7.11. The van der Waals surface area contributed by atoms with Crippen LogP contribution in [0.2, 0.25) is 0 Å². The van der Waals surface area contributed by atoms with E-state index in [0.717, 1.165) is 61.9 Å². The smallest absolute Gasteiger partial charge is 0.231 e. The molecule has 138 valence electrons. The third kappa shape index (κ3) is 3.06. The van der Waals surface area contributed by atoms with Crippen molar-refractivity contribution in [2.45, 2.75) is 38.8 Å². The second kappa shape index (κ2) is 6.70. The summed E-state index contributed by atoms with van der Waals surface area (Å²) in [6, 6.07) is 3.81. The van der Waals surface area contributed by atoms with Crippen LogP contribution in [0.4, 0.5) is 5.82 Å². The summed E-state index contributed by atoms with van der Waals surface area (Å²) in [6.45, 7) is 5.43. The Bertz CT molecular complexity index is 956. The van der Waals surface area contributed by atoms with E-state index in [-0.39, 0.29) is 5.92 Å². The molecule has 27 heavy (non-hydrogen) atoms. The van der Waals surface area contributed by atoms with E-state index in [1.54, 1.807) is 12.4 Å². The predicted octanol–water partition coefficient (Wildman–Crippen LogP) is 2.22. The third-order valence-electron chi connectivity index (χ3n) is 5.21. The van der Waals surface area contributed by atoms with E-state index in [1.807, 2.05) is 19.1 Å². The van der Waals surface area contributed by atoms with Crippen LogP contribution in [0.3, 0.4) is 0 Å². The lowest BCUT2D eigenvalue weighted by molar-refractivity contribution is 0.333. The molecule has 1 N–H and O–H groups in total. The maximum absolute atomic E-state index is 5.60. The first kappa shape index (κ1) is 16.3. The first-order chi connectivity index (χ1) is 13.3. The zero-order chi connectivity index (χ0) is 18.2. The molecule has 0 amide bonds. The molecule has 1 fully saturated rings. The Kier molecular flexibility index (Phi) is 4.05. The lowest BCUT2D eigenvalue weighted by Crippen LogP contribution is -2.36. The molecule has 0 saturated carbocycles. The summed E-state index contributed by atoms with van der Waals surface area (Å²) < 4.78 is 5.60. The van der Waals surface area contributed by atoms with Crippen LogP contribution < -0.4 is 10.2 Å². The highest BCUT2D eigenvalue weighted by Crippen LogP contribution is 2.32. The van der Waals surface area contributed by atoms with Gasteiger partial charge in [-0.2, -0.15) is 4.98 Å². The van der Waals surface area contributed by atoms with Gasteiger partial charge in [0, 0.05) is 49.7 Å². The van der Waals surface area contributed by atoms with Crippen LogP contribution in [0.25, 0.3) is 11.4 Å². The summed E-state index contributed by atoms with van der Waals surface area (Å²) in [5, 5.41) is 7.53. The summed E-state index contributed by atoms with van der Waals surface area (Å²) >= 11 is 0. The van der Waals surface area contributed by atoms with Gasteiger partial charge in [-0.3, -0.25) is 4.98 Å². The Balaban J connectivity index is 1.40. The van der Waals surface area contributed by atoms with E-state index >= 15 is 0 Å². The van der Waals surface area contributed by atoms with Gasteiger partial charge in [0.15, 0.2) is 0 Å². The summed E-state index contributed by atoms with van der Waals surface area (Å²) in [4.78, 5) is 20.4. The van der Waals surface area contributed by atoms with Crippen LogP contribution in [0.5, 0.6) is 0 Å². The standard InChI is InChI=1S/C19H21N7O/c1-12-22-16-10-21-9-15(16)18(23-12)26-7-3-5-14(11-26)19-24-17(25-27-19)13-4-2-6-20-8-13/h2,4,6,8,14,21H,3,5,7,9-11H2,1H3/t14-/m0/s1. The molecule has 3 aromatic heterocycles. The lowest BCUT2D eigenvalue weighted by Gasteiger charge is -2.33. The predicted molar refractivity (Wildman–Crippen MR) is 99.0 cm³/mol. The fraction of sp³-hybridized carbons (Fsp3) is 0.421. The third-order valence-corrected chi connectivity index (χ3v) is 5.21. The second-order valence-electron chi connectivity index (χ2n) is 7.11. The molecule has 0 aromatic carbocycles. The zero-order valence-corrected chi connectivity index (χ0v) is 15.2. The quantitative estimate of drug-likeness (QED) is 0.757. The van der Waals surface area contributed by atoms with Crippen molar-refractivity contribution in [3.05, 3.63) is 47.5 Å². The van der Waals surface area contributed by atoms with Gasteiger partial charge in [0.1, 0.15) is 11.6 Å². The van der Waals surface area contributed by atoms with Crippen molar-refractivity contribution in [1.82, 2.24) is 30.4 Å². The molecular weight excluding hydrogens is 342 g/mol. The van der Waals surface area contributed by atoms with Gasteiger partial charge in [-0.1, -0.05) is 5.16 Å². The largest absolute Gasteiger partial charge is 0.355 e. The van der Waals surface area contributed by atoms with Crippen LogP contribution in [0, 0.1) is 6.92 Å². The minimum Gasteiger partial charge on any atom is -0.355 e. The molecule has 0 unspecified atom stereocenters. The van der Waals surface area contributed by atoms with Crippen molar-refractivity contribution in [3.8, 4) is 11.4 Å². The van der Waals surface area contributed by atoms with Crippen molar-refractivity contribution in [2.75, 3.05) is 18.0 Å². The molecule has 5 rings (SSSR count). The van der Waals surface area contributed by atoms with Crippen molar-refractivity contribution < 1.29 is 4.52 Å². The highest BCUT2D eigenvalue weighted by atomic mass is 16.5. The maximum atomic E-state index is 5.60. The topological polar surface area (TPSA) is 92.9 Å². The van der Waals surface area contributed by atoms with Crippen molar-refractivity contribution in [3.63, 3.8) is 0 Å². The zero-order valence-electron chi connectivity index (χ0n) is 15.2. The van der Waals surface area contributed by atoms with Gasteiger partial charge in [0.05, 0.1) is 11.6 Å². The first-order valence-corrected chi connectivity index (χ1v) is 9.34. The molecule has 0 aliphatic carbocycles. The molecule has 1 saturated heterocycles. The number of hydrogen-bond acceptors (Lipinski definition) is 8. The number of pyridine rings is 1. The van der Waals surface area contributed by atoms with Crippen molar-refractivity contribution in [1.29, 1.82) is 0 Å². The number of hydrogen-bond donors (Lipinski definition) is 1. The fourth-order valence-electron chi connectivity index (χ4n) is 3.92. The van der Waals surface area contributed by atoms with Crippen LogP contribution in [-0.4, -0.2) is 38.2 Å². The van der Waals surface area contributed by atoms with Gasteiger partial charge in [0.25, 0.3) is 0 Å². The van der Waals surface area contributed by atoms with E-state index in [1.165, 1.54) is 5.56 Å². The van der Waals surface area contributed by atoms with Gasteiger partial charge in [-0.05, 0) is 31.9 Å². The summed E-state index contributed by atoms with van der Waals surface area (Å²) in [7, 11) is 0. The number of aryl methyl sites for hydroxylation is 1. The number of rotatable bonds is 3. The van der Waals surface area contributed by atoms with Gasteiger partial charge >= 0.3 is 0 Å². The molecule has 8 nitrogen and oxygen atoms in total. The maximum Gasteiger partial charge on any atom is 0.231 e. The Hall–Kier alpha value is -2.87. The first-order valence-electron chi connectivity index (χ1n) is 9.34. The summed E-state index contributed by atoms with van der Waals surface area (Å²) in [5.41, 5.74) is 3.22. The molecule has 0 radical (unpaired) electrons. The Morgan fingerprint density at radius 1 is 1.22 bits per heavy atom. The lowest BCUT2D eigenvalue weighted by atomic mass is 9.97. The normalized spacial score (nSPS) is 19.3. The average Bonchev–Trinajstić information content (AvgIpc) is 3.38. The number of aromatic nitrogens is 5. The molecule has 0 bridgehead atoms. The van der Waals surface area contributed by atoms with Crippen molar-refractivity contribution in [2.24, 2.45) is 0 Å². The highest BCUT2D eigenvalue weighted by molar-refractivity contribution is 5.53. The average molecular weight is 363 g/mol. The molecular formula is C19H21N7O. The number of piperidine rings is 1. The fourth-order valence-corrected chi connectivity index (χ4v) is 3.92. The van der Waals surface area contributed by atoms with Crippen LogP contribution in [0.15, 0.2) is 29.0 Å². The van der Waals surface area contributed by atoms with Crippen molar-refractivity contribution >= 4 is 5.82 Å². The number of fused-ring (bicyclic) bond motifs is 1. The van der Waals surface area contributed by atoms with Gasteiger partial charge in [-0.15, -0.1) is 0 Å². The molecule has 8 heteroatoms. The molecule has 2 aliphatic rings. The van der Waals surface area contributed by atoms with E-state index in [9.17, 15) is 0 Å². The summed E-state index contributed by atoms with van der Waals surface area (Å²) in [5.74, 6) is 3.37. The molecule has 5 heterocycles. The van der Waals surface area contributed by atoms with Crippen LogP contribution in [-0.2, 0) is 13.1 Å². The minimum atomic E-state index is 0.206. The van der Waals surface area contributed by atoms with Crippen LogP contribution >= 0.6 is 0 Å². The van der Waals surface area contributed by atoms with E-state index in [2.05, 4.69) is 30.3 Å². The highest BCUT2D eigenvalue weighted by Gasteiger charge is 2.30. The Morgan fingerprint density at radius 2 is 2.19 bits per heavy atom. The minimum absolute atomic E-state index is 0.206. The molecule has 0 spiro atoms. The monoisotopic (exact) mass is 363 g/mol. The molecule has 2 aliphatic heterocycles. The molecule has 3 aromatic rings. The van der Waals surface area contributed by atoms with E-state index < -0.39 is 0 Å². The number of anilines is 1. The number of nitrogens with one attached hydrogen (secondary N) is 1. The van der Waals surface area contributed by atoms with Gasteiger partial charge in [0.2, 0.25) is 11.7 Å². The Morgan fingerprint density at radius 3 is 3.07 bits per heavy atom. The SMILES string of the molecule is Cc1nc2c(c(N3CCC[C@H](c4nc(-c5cccnc5)no4)C3)n1)CNC2.